The maximum Gasteiger partial charge on any atom is 0.416 e. The van der Waals surface area contributed by atoms with E-state index in [0.717, 1.165) is 12.1 Å². The number of hydrogen-bond acceptors (Lipinski definition) is 2. The highest BCUT2D eigenvalue weighted by Gasteiger charge is 2.60. The molecule has 3 rings (SSSR count). The lowest BCUT2D eigenvalue weighted by atomic mass is 9.76. The topological polar surface area (TPSA) is 40.5 Å². The normalized spacial score (nSPS) is 23.8. The van der Waals surface area contributed by atoms with Gasteiger partial charge in [-0.2, -0.15) is 13.2 Å². The average molecular weight is 333 g/mol. The van der Waals surface area contributed by atoms with Gasteiger partial charge >= 0.3 is 6.18 Å². The smallest absolute Gasteiger partial charge is 0.373 e. The summed E-state index contributed by atoms with van der Waals surface area (Å²) in [4.78, 5) is 13.8. The number of nitrogens with zero attached hydrogens (tertiary/aromatic N) is 1. The number of β-lactam (4-membered cyclic amide) rings is 1. The van der Waals surface area contributed by atoms with E-state index in [1.807, 2.05) is 0 Å². The monoisotopic (exact) mass is 333 g/mol. The Balaban J connectivity index is 1.94. The second-order valence-electron chi connectivity index (χ2n) is 5.53. The van der Waals surface area contributed by atoms with Crippen LogP contribution in [0.2, 0.25) is 0 Å². The third-order valence-electron chi connectivity index (χ3n) is 4.16. The van der Waals surface area contributed by atoms with Crippen LogP contribution >= 0.6 is 0 Å². The number of rotatable bonds is 3. The minimum atomic E-state index is -4.44. The Morgan fingerprint density at radius 2 is 1.67 bits per heavy atom. The van der Waals surface area contributed by atoms with Gasteiger partial charge in [0.05, 0.1) is 11.6 Å². The minimum Gasteiger partial charge on any atom is -0.373 e. The number of anilines is 1. The summed E-state index contributed by atoms with van der Waals surface area (Å²) in [6, 6.07) is 11.9. The molecule has 0 saturated carbocycles. The lowest BCUT2D eigenvalue weighted by Crippen LogP contribution is -2.71. The first kappa shape index (κ1) is 16.3. The number of halogens is 3. The van der Waals surface area contributed by atoms with E-state index in [1.165, 1.54) is 23.1 Å². The molecule has 6 heteroatoms. The molecular formula is C18H14F3NO2. The Labute approximate surface area is 136 Å². The molecule has 2 aromatic carbocycles. The summed E-state index contributed by atoms with van der Waals surface area (Å²) in [5, 5.41) is 10.8. The van der Waals surface area contributed by atoms with Crippen molar-refractivity contribution in [2.45, 2.75) is 17.8 Å². The fourth-order valence-electron chi connectivity index (χ4n) is 2.91. The molecule has 1 amide bonds. The fraction of sp³-hybridized carbons (Fsp3) is 0.167. The molecule has 1 N–H and O–H groups in total. The van der Waals surface area contributed by atoms with Crippen LogP contribution in [0.5, 0.6) is 0 Å². The summed E-state index contributed by atoms with van der Waals surface area (Å²) < 4.78 is 37.9. The van der Waals surface area contributed by atoms with Crippen molar-refractivity contribution < 1.29 is 23.1 Å². The van der Waals surface area contributed by atoms with E-state index in [0.29, 0.717) is 5.56 Å². The van der Waals surface area contributed by atoms with E-state index in [4.69, 9.17) is 0 Å². The zero-order valence-corrected chi connectivity index (χ0v) is 12.5. The Kier molecular flexibility index (Phi) is 3.72. The van der Waals surface area contributed by atoms with Crippen LogP contribution in [0, 0.1) is 0 Å². The molecule has 2 unspecified atom stereocenters. The summed E-state index contributed by atoms with van der Waals surface area (Å²) in [5.41, 5.74) is -1.86. The minimum absolute atomic E-state index is 0.276. The maximum atomic E-state index is 12.6. The fourth-order valence-corrected chi connectivity index (χ4v) is 2.91. The van der Waals surface area contributed by atoms with Gasteiger partial charge in [0.2, 0.25) is 0 Å². The average Bonchev–Trinajstić information content (AvgIpc) is 2.58. The molecule has 1 heterocycles. The van der Waals surface area contributed by atoms with Gasteiger partial charge in [-0.25, -0.2) is 0 Å². The molecule has 0 spiro atoms. The first-order chi connectivity index (χ1) is 11.3. The second kappa shape index (κ2) is 5.49. The summed E-state index contributed by atoms with van der Waals surface area (Å²) in [7, 11) is 0. The van der Waals surface area contributed by atoms with Gasteiger partial charge in [0.1, 0.15) is 0 Å². The van der Waals surface area contributed by atoms with Crippen LogP contribution in [0.25, 0.3) is 0 Å². The highest BCUT2D eigenvalue weighted by atomic mass is 19.4. The standard InChI is InChI=1S/C18H14F3NO2/c1-2-15-17(24,12-6-4-3-5-7-12)16(23)22(15)14-10-8-13(9-11-14)18(19,20)21/h2-11,15,24H,1H2. The van der Waals surface area contributed by atoms with Crippen LogP contribution in [-0.4, -0.2) is 17.1 Å². The third-order valence-corrected chi connectivity index (χ3v) is 4.16. The van der Waals surface area contributed by atoms with Crippen molar-refractivity contribution in [2.24, 2.45) is 0 Å². The van der Waals surface area contributed by atoms with Crippen molar-refractivity contribution in [3.05, 3.63) is 78.4 Å². The van der Waals surface area contributed by atoms with E-state index in [1.54, 1.807) is 30.3 Å². The van der Waals surface area contributed by atoms with Crippen LogP contribution < -0.4 is 4.90 Å². The Morgan fingerprint density at radius 3 is 2.17 bits per heavy atom. The summed E-state index contributed by atoms with van der Waals surface area (Å²) in [6.45, 7) is 3.64. The number of benzene rings is 2. The van der Waals surface area contributed by atoms with Crippen LogP contribution in [0.1, 0.15) is 11.1 Å². The predicted octanol–water partition coefficient (Wildman–Crippen LogP) is 3.49. The third kappa shape index (κ3) is 2.30. The van der Waals surface area contributed by atoms with Crippen LogP contribution in [0.3, 0.4) is 0 Å². The first-order valence-electron chi connectivity index (χ1n) is 7.21. The van der Waals surface area contributed by atoms with Crippen molar-refractivity contribution >= 4 is 11.6 Å². The summed E-state index contributed by atoms with van der Waals surface area (Å²) in [5.74, 6) is -0.599. The molecule has 2 aromatic rings. The molecule has 1 fully saturated rings. The molecule has 0 bridgehead atoms. The van der Waals surface area contributed by atoms with Crippen molar-refractivity contribution in [2.75, 3.05) is 4.90 Å². The van der Waals surface area contributed by atoms with Gasteiger partial charge in [0, 0.05) is 5.69 Å². The van der Waals surface area contributed by atoms with E-state index in [2.05, 4.69) is 6.58 Å². The molecular weight excluding hydrogens is 319 g/mol. The van der Waals surface area contributed by atoms with Crippen LogP contribution in [0.15, 0.2) is 67.3 Å². The number of carbonyl (C=O) groups is 1. The van der Waals surface area contributed by atoms with E-state index in [9.17, 15) is 23.1 Å². The lowest BCUT2D eigenvalue weighted by molar-refractivity contribution is -0.152. The molecule has 1 saturated heterocycles. The van der Waals surface area contributed by atoms with Crippen LogP contribution in [-0.2, 0) is 16.6 Å². The maximum absolute atomic E-state index is 12.6. The SMILES string of the molecule is C=CC1N(c2ccc(C(F)(F)F)cc2)C(=O)C1(O)c1ccccc1. The molecule has 0 aliphatic carbocycles. The van der Waals surface area contributed by atoms with E-state index >= 15 is 0 Å². The summed E-state index contributed by atoms with van der Waals surface area (Å²) in [6.07, 6.45) is -3.04. The molecule has 0 radical (unpaired) electrons. The van der Waals surface area contributed by atoms with Crippen molar-refractivity contribution in [3.63, 3.8) is 0 Å². The molecule has 24 heavy (non-hydrogen) atoms. The summed E-state index contributed by atoms with van der Waals surface area (Å²) >= 11 is 0. The zero-order valence-electron chi connectivity index (χ0n) is 12.5. The molecule has 2 atom stereocenters. The lowest BCUT2D eigenvalue weighted by Gasteiger charge is -2.51. The van der Waals surface area contributed by atoms with Crippen molar-refractivity contribution in [1.29, 1.82) is 0 Å². The van der Waals surface area contributed by atoms with Gasteiger partial charge in [-0.05, 0) is 29.8 Å². The van der Waals surface area contributed by atoms with Gasteiger partial charge in [-0.3, -0.25) is 9.69 Å². The molecule has 1 aliphatic rings. The number of aliphatic hydroxyl groups is 1. The first-order valence-corrected chi connectivity index (χ1v) is 7.21. The van der Waals surface area contributed by atoms with Gasteiger partial charge in [-0.1, -0.05) is 36.4 Å². The van der Waals surface area contributed by atoms with Gasteiger partial charge in [0.15, 0.2) is 5.60 Å². The Hall–Kier alpha value is -2.60. The zero-order chi connectivity index (χ0) is 17.5. The number of hydrogen-bond donors (Lipinski definition) is 1. The predicted molar refractivity (Wildman–Crippen MR) is 83.3 cm³/mol. The van der Waals surface area contributed by atoms with E-state index in [-0.39, 0.29) is 5.69 Å². The van der Waals surface area contributed by atoms with Crippen LogP contribution in [0.4, 0.5) is 18.9 Å². The number of carbonyl (C=O) groups excluding carboxylic acids is 1. The van der Waals surface area contributed by atoms with Gasteiger partial charge in [0.25, 0.3) is 5.91 Å². The molecule has 0 aromatic heterocycles. The number of alkyl halides is 3. The molecule has 124 valence electrons. The Morgan fingerprint density at radius 1 is 1.08 bits per heavy atom. The quantitative estimate of drug-likeness (QED) is 0.690. The van der Waals surface area contributed by atoms with Gasteiger partial charge < -0.3 is 5.11 Å². The molecule has 3 nitrogen and oxygen atoms in total. The van der Waals surface area contributed by atoms with Gasteiger partial charge in [-0.15, -0.1) is 6.58 Å². The second-order valence-corrected chi connectivity index (χ2v) is 5.53. The van der Waals surface area contributed by atoms with Crippen molar-refractivity contribution in [1.82, 2.24) is 0 Å². The van der Waals surface area contributed by atoms with Crippen molar-refractivity contribution in [3.8, 4) is 0 Å². The van der Waals surface area contributed by atoms with E-state index < -0.39 is 29.3 Å². The molecule has 1 aliphatic heterocycles. The Bertz CT molecular complexity index is 771. The number of amides is 1. The highest BCUT2D eigenvalue weighted by Crippen LogP contribution is 2.43. The largest absolute Gasteiger partial charge is 0.416 e. The highest BCUT2D eigenvalue weighted by molar-refractivity contribution is 6.09.